The summed E-state index contributed by atoms with van der Waals surface area (Å²) >= 11 is 0. The maximum absolute atomic E-state index is 13.3. The molecule has 294 valence electrons. The van der Waals surface area contributed by atoms with Gasteiger partial charge in [-0.2, -0.15) is 0 Å². The Morgan fingerprint density at radius 3 is 1.98 bits per heavy atom. The smallest absolute Gasteiger partial charge is 0.326 e. The van der Waals surface area contributed by atoms with Crippen LogP contribution in [0.1, 0.15) is 68.6 Å². The fourth-order valence-electron chi connectivity index (χ4n) is 5.29. The number of carbonyl (C=O) groups is 5. The molecule has 2 aromatic carbocycles. The lowest BCUT2D eigenvalue weighted by Gasteiger charge is -2.26. The minimum atomic E-state index is -1.04. The molecule has 0 unspecified atom stereocenters. The van der Waals surface area contributed by atoms with Crippen LogP contribution < -0.4 is 15.5 Å². The van der Waals surface area contributed by atoms with Crippen LogP contribution in [0.4, 0.5) is 5.69 Å². The predicted molar refractivity (Wildman–Crippen MR) is 202 cm³/mol. The Hall–Kier alpha value is -4.81. The molecular formula is C40H54N4O10. The van der Waals surface area contributed by atoms with Crippen LogP contribution >= 0.6 is 0 Å². The summed E-state index contributed by atoms with van der Waals surface area (Å²) in [5.74, 6) is 4.66. The van der Waals surface area contributed by atoms with E-state index >= 15 is 0 Å². The fourth-order valence-corrected chi connectivity index (χ4v) is 5.29. The Balaban J connectivity index is 1.09. The van der Waals surface area contributed by atoms with Gasteiger partial charge in [0.1, 0.15) is 6.04 Å². The summed E-state index contributed by atoms with van der Waals surface area (Å²) in [5, 5.41) is 14.6. The van der Waals surface area contributed by atoms with Crippen molar-refractivity contribution < 1.29 is 48.0 Å². The molecule has 3 N–H and O–H groups in total. The topological polar surface area (TPSA) is 173 Å². The number of carboxylic acid groups (broad SMARTS) is 1. The fraction of sp³-hybridized carbons (Fsp3) is 0.525. The number of ether oxygens (including phenoxy) is 4. The van der Waals surface area contributed by atoms with E-state index in [-0.39, 0.29) is 55.9 Å². The summed E-state index contributed by atoms with van der Waals surface area (Å²) in [7, 11) is 1.49. The molecule has 54 heavy (non-hydrogen) atoms. The first-order chi connectivity index (χ1) is 26.2. The Bertz CT molecular complexity index is 1570. The van der Waals surface area contributed by atoms with E-state index in [9.17, 15) is 24.0 Å². The van der Waals surface area contributed by atoms with Crippen LogP contribution in [0.2, 0.25) is 0 Å². The molecule has 1 aliphatic rings. The maximum atomic E-state index is 13.3. The van der Waals surface area contributed by atoms with E-state index in [1.54, 1.807) is 4.90 Å². The normalized spacial score (nSPS) is 12.2. The quantitative estimate of drug-likeness (QED) is 0.0959. The standard InChI is InChI=1S/C40H54N4O10/c1-31(40(49)50)43(2)38(47)14-4-3-9-20-41-37(46)19-22-51-24-26-53-28-29-54-27-25-52-23-21-42-36(45)17-18-39(48)44-30-34-12-6-5-10-32(34)15-16-33-11-7-8-13-35(33)44/h5-8,10-13,31H,3-4,9,14,17-30H2,1-2H3,(H,41,46)(H,42,45)(H,49,50)/t31-/m1/s1. The monoisotopic (exact) mass is 750 g/mol. The summed E-state index contributed by atoms with van der Waals surface area (Å²) in [5.41, 5.74) is 3.36. The highest BCUT2D eigenvalue weighted by Gasteiger charge is 2.22. The van der Waals surface area contributed by atoms with Crippen LogP contribution in [-0.4, -0.2) is 119 Å². The van der Waals surface area contributed by atoms with Crippen molar-refractivity contribution in [3.05, 3.63) is 65.2 Å². The number of hydrogen-bond acceptors (Lipinski definition) is 9. The number of unbranched alkanes of at least 4 members (excludes halogenated alkanes) is 2. The van der Waals surface area contributed by atoms with Crippen LogP contribution in [0, 0.1) is 11.8 Å². The summed E-state index contributed by atoms with van der Waals surface area (Å²) in [6.45, 7) is 5.55. The number of para-hydroxylation sites is 1. The zero-order valence-electron chi connectivity index (χ0n) is 31.4. The second kappa shape index (κ2) is 25.3. The van der Waals surface area contributed by atoms with Gasteiger partial charge < -0.3 is 44.5 Å². The molecule has 0 aromatic heterocycles. The molecule has 0 radical (unpaired) electrons. The third-order valence-electron chi connectivity index (χ3n) is 8.62. The van der Waals surface area contributed by atoms with Crippen LogP contribution in [0.15, 0.2) is 48.5 Å². The van der Waals surface area contributed by atoms with Crippen molar-refractivity contribution in [2.45, 2.75) is 64.5 Å². The minimum absolute atomic E-state index is 0.0692. The molecule has 0 bridgehead atoms. The highest BCUT2D eigenvalue weighted by molar-refractivity contribution is 5.97. The lowest BCUT2D eigenvalue weighted by molar-refractivity contribution is -0.148. The molecule has 1 atom stereocenters. The molecular weight excluding hydrogens is 696 g/mol. The second-order valence-electron chi connectivity index (χ2n) is 12.6. The number of anilines is 1. The third kappa shape index (κ3) is 16.5. The van der Waals surface area contributed by atoms with E-state index in [1.165, 1.54) is 18.9 Å². The van der Waals surface area contributed by atoms with Crippen molar-refractivity contribution in [2.24, 2.45) is 0 Å². The Labute approximate surface area is 317 Å². The molecule has 0 fully saturated rings. The van der Waals surface area contributed by atoms with Crippen molar-refractivity contribution in [3.63, 3.8) is 0 Å². The van der Waals surface area contributed by atoms with Gasteiger partial charge in [0.2, 0.25) is 23.6 Å². The zero-order chi connectivity index (χ0) is 39.0. The number of aliphatic carboxylic acids is 1. The van der Waals surface area contributed by atoms with Crippen molar-refractivity contribution in [1.29, 1.82) is 0 Å². The van der Waals surface area contributed by atoms with Gasteiger partial charge in [0.25, 0.3) is 0 Å². The molecule has 1 aliphatic heterocycles. The first kappa shape index (κ1) is 43.6. The number of amides is 4. The van der Waals surface area contributed by atoms with Gasteiger partial charge in [-0.25, -0.2) is 4.79 Å². The van der Waals surface area contributed by atoms with Crippen molar-refractivity contribution >= 4 is 35.3 Å². The molecule has 2 aromatic rings. The first-order valence-electron chi connectivity index (χ1n) is 18.5. The molecule has 3 rings (SSSR count). The second-order valence-corrected chi connectivity index (χ2v) is 12.6. The zero-order valence-corrected chi connectivity index (χ0v) is 31.4. The summed E-state index contributed by atoms with van der Waals surface area (Å²) < 4.78 is 21.9. The number of carbonyl (C=O) groups excluding carboxylic acids is 4. The van der Waals surface area contributed by atoms with E-state index in [4.69, 9.17) is 24.1 Å². The van der Waals surface area contributed by atoms with E-state index < -0.39 is 12.0 Å². The Morgan fingerprint density at radius 1 is 0.704 bits per heavy atom. The van der Waals surface area contributed by atoms with Gasteiger partial charge in [0, 0.05) is 56.9 Å². The number of rotatable bonds is 26. The average molecular weight is 751 g/mol. The number of carboxylic acids is 1. The maximum Gasteiger partial charge on any atom is 0.326 e. The lowest BCUT2D eigenvalue weighted by atomic mass is 10.0. The van der Waals surface area contributed by atoms with Crippen molar-refractivity contribution in [2.75, 3.05) is 77.9 Å². The minimum Gasteiger partial charge on any atom is -0.480 e. The molecule has 1 heterocycles. The molecule has 0 saturated carbocycles. The van der Waals surface area contributed by atoms with Gasteiger partial charge in [-0.3, -0.25) is 19.2 Å². The molecule has 4 amide bonds. The average Bonchev–Trinajstić information content (AvgIpc) is 3.16. The molecule has 14 nitrogen and oxygen atoms in total. The van der Waals surface area contributed by atoms with Crippen LogP contribution in [-0.2, 0) is 49.5 Å². The lowest BCUT2D eigenvalue weighted by Crippen LogP contribution is -2.40. The highest BCUT2D eigenvalue weighted by Crippen LogP contribution is 2.26. The van der Waals surface area contributed by atoms with Crippen molar-refractivity contribution in [3.8, 4) is 11.8 Å². The molecule has 0 aliphatic carbocycles. The molecule has 0 spiro atoms. The van der Waals surface area contributed by atoms with E-state index in [1.807, 2.05) is 48.5 Å². The number of nitrogens with one attached hydrogen (secondary N) is 2. The number of benzene rings is 2. The van der Waals surface area contributed by atoms with Gasteiger partial charge in [-0.15, -0.1) is 0 Å². The highest BCUT2D eigenvalue weighted by atomic mass is 16.6. The van der Waals surface area contributed by atoms with Crippen LogP contribution in [0.25, 0.3) is 0 Å². The summed E-state index contributed by atoms with van der Waals surface area (Å²) in [4.78, 5) is 63.5. The van der Waals surface area contributed by atoms with Gasteiger partial charge in [-0.05, 0) is 43.5 Å². The number of fused-ring (bicyclic) bond motifs is 2. The predicted octanol–water partition coefficient (Wildman–Crippen LogP) is 2.89. The van der Waals surface area contributed by atoms with Gasteiger partial charge in [-0.1, -0.05) is 48.6 Å². The first-order valence-corrected chi connectivity index (χ1v) is 18.5. The number of nitrogens with zero attached hydrogens (tertiary/aromatic N) is 2. The van der Waals surface area contributed by atoms with Gasteiger partial charge >= 0.3 is 5.97 Å². The van der Waals surface area contributed by atoms with Gasteiger partial charge in [0.05, 0.1) is 65.1 Å². The summed E-state index contributed by atoms with van der Waals surface area (Å²) in [6.07, 6.45) is 2.77. The van der Waals surface area contributed by atoms with Gasteiger partial charge in [0.15, 0.2) is 0 Å². The molecule has 14 heteroatoms. The SMILES string of the molecule is C[C@H](C(=O)O)N(C)C(=O)CCCCCNC(=O)CCOCCOCCOCCOCCNC(=O)CCC(=O)N1Cc2ccccc2C#Cc2ccccc21. The Morgan fingerprint density at radius 2 is 1.28 bits per heavy atom. The largest absolute Gasteiger partial charge is 0.480 e. The van der Waals surface area contributed by atoms with E-state index in [0.29, 0.717) is 72.3 Å². The third-order valence-corrected chi connectivity index (χ3v) is 8.62. The number of likely N-dealkylation sites (N-methyl/N-ethyl adjacent to an activating group) is 1. The van der Waals surface area contributed by atoms with Crippen LogP contribution in [0.3, 0.4) is 0 Å². The molecule has 0 saturated heterocycles. The van der Waals surface area contributed by atoms with Crippen LogP contribution in [0.5, 0.6) is 0 Å². The Kier molecular flexibility index (Phi) is 20.4. The van der Waals surface area contributed by atoms with Crippen molar-refractivity contribution in [1.82, 2.24) is 15.5 Å². The van der Waals surface area contributed by atoms with E-state index in [0.717, 1.165) is 35.2 Å². The summed E-state index contributed by atoms with van der Waals surface area (Å²) in [6, 6.07) is 14.5. The van der Waals surface area contributed by atoms with E-state index in [2.05, 4.69) is 22.5 Å². The number of hydrogen-bond donors (Lipinski definition) is 3.